The van der Waals surface area contributed by atoms with Crippen molar-refractivity contribution in [2.45, 2.75) is 32.7 Å². The number of esters is 1. The van der Waals surface area contributed by atoms with E-state index in [1.54, 1.807) is 17.9 Å². The first-order valence-corrected chi connectivity index (χ1v) is 11.4. The number of hydrogen-bond donors (Lipinski definition) is 1. The lowest BCUT2D eigenvalue weighted by atomic mass is 10.2. The van der Waals surface area contributed by atoms with Gasteiger partial charge in [0.1, 0.15) is 5.00 Å². The van der Waals surface area contributed by atoms with Gasteiger partial charge in [0.05, 0.1) is 36.8 Å². The Morgan fingerprint density at radius 1 is 1.44 bits per heavy atom. The molecule has 0 aromatic carbocycles. The first-order chi connectivity index (χ1) is 12.8. The normalized spacial score (nSPS) is 18.2. The third-order valence-corrected chi connectivity index (χ3v) is 7.19. The van der Waals surface area contributed by atoms with Crippen LogP contribution in [-0.2, 0) is 25.8 Å². The summed E-state index contributed by atoms with van der Waals surface area (Å²) >= 11 is 1.33. The fourth-order valence-electron chi connectivity index (χ4n) is 2.91. The number of amides is 1. The summed E-state index contributed by atoms with van der Waals surface area (Å²) in [6.45, 7) is 4.07. The van der Waals surface area contributed by atoms with Crippen LogP contribution in [0.15, 0.2) is 6.07 Å². The molecule has 1 aromatic heterocycles. The number of ether oxygens (including phenoxy) is 1. The number of nitrogens with zero attached hydrogens (tertiary/aromatic N) is 1. The van der Waals surface area contributed by atoms with Gasteiger partial charge in [0.25, 0.3) is 0 Å². The summed E-state index contributed by atoms with van der Waals surface area (Å²) in [6, 6.07) is 1.46. The Morgan fingerprint density at radius 2 is 2.19 bits per heavy atom. The average molecular weight is 413 g/mol. The highest BCUT2D eigenvalue weighted by atomic mass is 32.2. The van der Waals surface area contributed by atoms with Crippen LogP contribution in [0.25, 0.3) is 0 Å². The third-order valence-electron chi connectivity index (χ3n) is 4.25. The summed E-state index contributed by atoms with van der Waals surface area (Å²) in [5, 5.41) is 3.20. The molecule has 2 heterocycles. The van der Waals surface area contributed by atoms with E-state index in [-0.39, 0.29) is 43.2 Å². The number of sulfone groups is 1. The summed E-state index contributed by atoms with van der Waals surface area (Å²) in [5.41, 5.74) is 0.332. The molecule has 0 radical (unpaired) electrons. The maximum absolute atomic E-state index is 12.5. The summed E-state index contributed by atoms with van der Waals surface area (Å²) in [5.74, 6) is 1.78. The number of terminal acetylenes is 1. The van der Waals surface area contributed by atoms with Gasteiger partial charge in [0, 0.05) is 10.9 Å². The molecule has 1 atom stereocenters. The van der Waals surface area contributed by atoms with Crippen LogP contribution in [0, 0.1) is 12.3 Å². The van der Waals surface area contributed by atoms with Crippen molar-refractivity contribution in [3.05, 3.63) is 16.5 Å². The van der Waals surface area contributed by atoms with Crippen molar-refractivity contribution in [2.75, 3.05) is 36.5 Å². The zero-order chi connectivity index (χ0) is 20.0. The largest absolute Gasteiger partial charge is 0.462 e. The van der Waals surface area contributed by atoms with Crippen molar-refractivity contribution in [1.82, 2.24) is 4.90 Å². The molecule has 148 valence electrons. The predicted molar refractivity (Wildman–Crippen MR) is 106 cm³/mol. The minimum atomic E-state index is -3.08. The Morgan fingerprint density at radius 3 is 2.74 bits per heavy atom. The lowest BCUT2D eigenvalue weighted by Crippen LogP contribution is -2.41. The first kappa shape index (κ1) is 21.4. The molecule has 2 rings (SSSR count). The second-order valence-corrected chi connectivity index (χ2v) is 9.61. The summed E-state index contributed by atoms with van der Waals surface area (Å²) in [6.07, 6.45) is 6.57. The molecule has 1 aromatic rings. The van der Waals surface area contributed by atoms with Gasteiger partial charge in [-0.15, -0.1) is 17.8 Å². The maximum Gasteiger partial charge on any atom is 0.341 e. The van der Waals surface area contributed by atoms with Crippen molar-refractivity contribution in [2.24, 2.45) is 0 Å². The van der Waals surface area contributed by atoms with E-state index in [0.29, 0.717) is 17.0 Å². The van der Waals surface area contributed by atoms with E-state index >= 15 is 0 Å². The van der Waals surface area contributed by atoms with Gasteiger partial charge >= 0.3 is 5.97 Å². The van der Waals surface area contributed by atoms with Crippen molar-refractivity contribution >= 4 is 38.1 Å². The molecule has 0 saturated carbocycles. The van der Waals surface area contributed by atoms with E-state index < -0.39 is 15.8 Å². The monoisotopic (exact) mass is 412 g/mol. The van der Waals surface area contributed by atoms with E-state index in [0.717, 1.165) is 11.3 Å². The molecule has 7 nitrogen and oxygen atoms in total. The van der Waals surface area contributed by atoms with Crippen LogP contribution in [0.2, 0.25) is 0 Å². The van der Waals surface area contributed by atoms with Crippen LogP contribution in [0.4, 0.5) is 5.00 Å². The maximum atomic E-state index is 12.5. The number of hydrogen-bond acceptors (Lipinski definition) is 7. The molecule has 1 saturated heterocycles. The lowest BCUT2D eigenvalue weighted by molar-refractivity contribution is -0.117. The SMILES string of the molecule is C#CCN(CC(=O)Nc1sc(CC)cc1C(=O)OCC)C1CCS(=O)(=O)C1. The van der Waals surface area contributed by atoms with Crippen molar-refractivity contribution in [3.63, 3.8) is 0 Å². The Balaban J connectivity index is 2.10. The lowest BCUT2D eigenvalue weighted by Gasteiger charge is -2.25. The van der Waals surface area contributed by atoms with Crippen LogP contribution < -0.4 is 5.32 Å². The number of nitrogens with one attached hydrogen (secondary N) is 1. The van der Waals surface area contributed by atoms with E-state index in [1.165, 1.54) is 11.3 Å². The quantitative estimate of drug-likeness (QED) is 0.514. The third kappa shape index (κ3) is 5.79. The molecule has 0 spiro atoms. The molecule has 1 aliphatic heterocycles. The summed E-state index contributed by atoms with van der Waals surface area (Å²) in [4.78, 5) is 27.3. The molecule has 1 aliphatic rings. The minimum Gasteiger partial charge on any atom is -0.462 e. The molecular formula is C18H24N2O5S2. The molecule has 1 N–H and O–H groups in total. The van der Waals surface area contributed by atoms with Crippen molar-refractivity contribution in [1.29, 1.82) is 0 Å². The van der Waals surface area contributed by atoms with Crippen LogP contribution in [0.1, 0.15) is 35.5 Å². The fourth-order valence-corrected chi connectivity index (χ4v) is 5.68. The smallest absolute Gasteiger partial charge is 0.341 e. The molecule has 0 bridgehead atoms. The molecule has 0 aliphatic carbocycles. The summed E-state index contributed by atoms with van der Waals surface area (Å²) in [7, 11) is -3.08. The van der Waals surface area contributed by atoms with Gasteiger partial charge in [0.15, 0.2) is 9.84 Å². The van der Waals surface area contributed by atoms with Gasteiger partial charge in [-0.25, -0.2) is 13.2 Å². The van der Waals surface area contributed by atoms with E-state index in [2.05, 4.69) is 11.2 Å². The number of carbonyl (C=O) groups excluding carboxylic acids is 2. The van der Waals surface area contributed by atoms with Crippen LogP contribution >= 0.6 is 11.3 Å². The Labute approximate surface area is 164 Å². The summed E-state index contributed by atoms with van der Waals surface area (Å²) < 4.78 is 28.5. The molecule has 1 fully saturated rings. The second kappa shape index (κ2) is 9.35. The van der Waals surface area contributed by atoms with E-state index in [4.69, 9.17) is 11.2 Å². The number of rotatable bonds is 8. The van der Waals surface area contributed by atoms with Crippen LogP contribution in [0.5, 0.6) is 0 Å². The second-order valence-electron chi connectivity index (χ2n) is 6.24. The number of thiophene rings is 1. The van der Waals surface area contributed by atoms with Crippen molar-refractivity contribution < 1.29 is 22.7 Å². The highest BCUT2D eigenvalue weighted by molar-refractivity contribution is 7.91. The predicted octanol–water partition coefficient (Wildman–Crippen LogP) is 1.55. The highest BCUT2D eigenvalue weighted by Crippen LogP contribution is 2.29. The van der Waals surface area contributed by atoms with Gasteiger partial charge in [-0.1, -0.05) is 12.8 Å². The minimum absolute atomic E-state index is 0.00895. The molecule has 1 amide bonds. The van der Waals surface area contributed by atoms with Gasteiger partial charge in [0.2, 0.25) is 5.91 Å². The molecule has 1 unspecified atom stereocenters. The van der Waals surface area contributed by atoms with Crippen LogP contribution in [0.3, 0.4) is 0 Å². The zero-order valence-electron chi connectivity index (χ0n) is 15.5. The molecule has 9 heteroatoms. The van der Waals surface area contributed by atoms with Gasteiger partial charge in [-0.2, -0.15) is 0 Å². The number of aryl methyl sites for hydroxylation is 1. The van der Waals surface area contributed by atoms with Gasteiger partial charge in [-0.05, 0) is 25.8 Å². The average Bonchev–Trinajstić information content (AvgIpc) is 3.17. The molecular weight excluding hydrogens is 388 g/mol. The Bertz CT molecular complexity index is 838. The van der Waals surface area contributed by atoms with Crippen molar-refractivity contribution in [3.8, 4) is 12.3 Å². The van der Waals surface area contributed by atoms with E-state index in [9.17, 15) is 18.0 Å². The van der Waals surface area contributed by atoms with Gasteiger partial charge < -0.3 is 10.1 Å². The Hall–Kier alpha value is -1.89. The fraction of sp³-hybridized carbons (Fsp3) is 0.556. The number of carbonyl (C=O) groups is 2. The topological polar surface area (TPSA) is 92.8 Å². The van der Waals surface area contributed by atoms with Gasteiger partial charge in [-0.3, -0.25) is 9.69 Å². The highest BCUT2D eigenvalue weighted by Gasteiger charge is 2.33. The Kier molecular flexibility index (Phi) is 7.41. The standard InChI is InChI=1S/C18H24N2O5S2/c1-4-8-20(13-7-9-27(23,24)12-13)11-16(21)19-17-15(18(22)25-6-3)10-14(5-2)26-17/h1,10,13H,5-9,11-12H2,2-3H3,(H,19,21). The first-order valence-electron chi connectivity index (χ1n) is 8.77. The van der Waals surface area contributed by atoms with Crippen LogP contribution in [-0.4, -0.2) is 62.4 Å². The zero-order valence-corrected chi connectivity index (χ0v) is 17.1. The van der Waals surface area contributed by atoms with E-state index in [1.807, 2.05) is 6.92 Å². The molecule has 27 heavy (non-hydrogen) atoms. The number of anilines is 1.